The van der Waals surface area contributed by atoms with Crippen molar-refractivity contribution in [2.24, 2.45) is 23.7 Å². The third-order valence-electron chi connectivity index (χ3n) is 5.28. The summed E-state index contributed by atoms with van der Waals surface area (Å²) >= 11 is 0. The first-order valence-electron chi connectivity index (χ1n) is 7.12. The minimum Gasteiger partial charge on any atom is -0.274 e. The Kier molecular flexibility index (Phi) is 2.17. The third-order valence-corrected chi connectivity index (χ3v) is 5.28. The highest BCUT2D eigenvalue weighted by Crippen LogP contribution is 2.56. The summed E-state index contributed by atoms with van der Waals surface area (Å²) in [6, 6.07) is 7.67. The lowest BCUT2D eigenvalue weighted by Crippen LogP contribution is -2.33. The van der Waals surface area contributed by atoms with E-state index in [1.54, 1.807) is 0 Å². The van der Waals surface area contributed by atoms with E-state index in [4.69, 9.17) is 0 Å². The second-order valence-electron chi connectivity index (χ2n) is 6.18. The van der Waals surface area contributed by atoms with E-state index in [1.807, 2.05) is 31.2 Å². The monoisotopic (exact) mass is 255 g/mol. The normalized spacial score (nSPS) is 36.2. The predicted molar refractivity (Wildman–Crippen MR) is 71.5 cm³/mol. The average molecular weight is 255 g/mol. The number of hydrogen-bond donors (Lipinski definition) is 0. The van der Waals surface area contributed by atoms with E-state index in [9.17, 15) is 9.59 Å². The van der Waals surface area contributed by atoms with Crippen molar-refractivity contribution in [3.05, 3.63) is 29.8 Å². The van der Waals surface area contributed by atoms with Crippen LogP contribution in [0.15, 0.2) is 24.3 Å². The lowest BCUT2D eigenvalue weighted by atomic mass is 9.81. The van der Waals surface area contributed by atoms with Gasteiger partial charge in [0.25, 0.3) is 0 Å². The van der Waals surface area contributed by atoms with Crippen molar-refractivity contribution in [2.45, 2.75) is 26.2 Å². The Morgan fingerprint density at radius 3 is 2.16 bits per heavy atom. The molecule has 2 saturated carbocycles. The smallest absolute Gasteiger partial charge is 0.237 e. The van der Waals surface area contributed by atoms with E-state index >= 15 is 0 Å². The van der Waals surface area contributed by atoms with Gasteiger partial charge in [-0.3, -0.25) is 9.59 Å². The fraction of sp³-hybridized carbons (Fsp3) is 0.500. The summed E-state index contributed by atoms with van der Waals surface area (Å²) in [6.07, 6.45) is 3.35. The van der Waals surface area contributed by atoms with Gasteiger partial charge in [-0.2, -0.15) is 0 Å². The van der Waals surface area contributed by atoms with Gasteiger partial charge in [-0.1, -0.05) is 18.2 Å². The first-order valence-corrected chi connectivity index (χ1v) is 7.12. The van der Waals surface area contributed by atoms with Crippen LogP contribution >= 0.6 is 0 Å². The van der Waals surface area contributed by atoms with Gasteiger partial charge in [0, 0.05) is 0 Å². The Morgan fingerprint density at radius 1 is 1.00 bits per heavy atom. The molecular formula is C16H17NO2. The van der Waals surface area contributed by atoms with Gasteiger partial charge in [0.05, 0.1) is 17.5 Å². The van der Waals surface area contributed by atoms with Crippen molar-refractivity contribution in [3.8, 4) is 0 Å². The molecule has 2 aliphatic carbocycles. The molecule has 3 nitrogen and oxygen atoms in total. The largest absolute Gasteiger partial charge is 0.274 e. The van der Waals surface area contributed by atoms with Gasteiger partial charge in [-0.15, -0.1) is 0 Å². The molecule has 2 bridgehead atoms. The van der Waals surface area contributed by atoms with Crippen molar-refractivity contribution in [1.82, 2.24) is 0 Å². The Labute approximate surface area is 112 Å². The molecule has 3 heteroatoms. The quantitative estimate of drug-likeness (QED) is 0.723. The molecule has 1 heterocycles. The Balaban J connectivity index is 1.78. The minimum atomic E-state index is -0.0224. The number of benzene rings is 1. The van der Waals surface area contributed by atoms with Crippen LogP contribution in [0, 0.1) is 30.6 Å². The fourth-order valence-electron chi connectivity index (χ4n) is 4.46. The molecule has 1 aromatic carbocycles. The van der Waals surface area contributed by atoms with Crippen LogP contribution in [-0.4, -0.2) is 11.8 Å². The van der Waals surface area contributed by atoms with E-state index in [-0.39, 0.29) is 23.7 Å². The highest BCUT2D eigenvalue weighted by atomic mass is 16.2. The summed E-state index contributed by atoms with van der Waals surface area (Å²) in [5.74, 6) is 0.977. The number of fused-ring (bicyclic) bond motifs is 5. The number of rotatable bonds is 1. The van der Waals surface area contributed by atoms with Crippen LogP contribution in [0.25, 0.3) is 0 Å². The summed E-state index contributed by atoms with van der Waals surface area (Å²) < 4.78 is 0. The highest BCUT2D eigenvalue weighted by molar-refractivity contribution is 6.22. The molecule has 1 saturated heterocycles. The molecule has 0 spiro atoms. The molecule has 19 heavy (non-hydrogen) atoms. The van der Waals surface area contributed by atoms with Gasteiger partial charge >= 0.3 is 0 Å². The molecule has 0 unspecified atom stereocenters. The van der Waals surface area contributed by atoms with Crippen molar-refractivity contribution in [1.29, 1.82) is 0 Å². The SMILES string of the molecule is Cc1ccccc1N1C(=O)[C@@H]2[C@H]3CC[C@@H](C3)[C@@H]2C1=O. The van der Waals surface area contributed by atoms with Crippen LogP contribution in [0.3, 0.4) is 0 Å². The van der Waals surface area contributed by atoms with Gasteiger partial charge in [0.2, 0.25) is 11.8 Å². The van der Waals surface area contributed by atoms with Crippen LogP contribution in [0.4, 0.5) is 5.69 Å². The number of amides is 2. The van der Waals surface area contributed by atoms with Crippen molar-refractivity contribution >= 4 is 17.5 Å². The Bertz CT molecular complexity index is 552. The van der Waals surface area contributed by atoms with E-state index in [0.29, 0.717) is 11.8 Å². The topological polar surface area (TPSA) is 37.4 Å². The standard InChI is InChI=1S/C16H17NO2/c1-9-4-2-3-5-12(9)17-15(18)13-10-6-7-11(8-10)14(13)16(17)19/h2-5,10-11,13-14H,6-8H2,1H3/t10-,11-,13-,14+/m0/s1. The van der Waals surface area contributed by atoms with Crippen LogP contribution in [0.1, 0.15) is 24.8 Å². The molecule has 1 aliphatic heterocycles. The lowest BCUT2D eigenvalue weighted by Gasteiger charge is -2.19. The fourth-order valence-corrected chi connectivity index (χ4v) is 4.46. The molecule has 0 N–H and O–H groups in total. The van der Waals surface area contributed by atoms with E-state index < -0.39 is 0 Å². The van der Waals surface area contributed by atoms with Crippen LogP contribution in [0.5, 0.6) is 0 Å². The number of hydrogen-bond acceptors (Lipinski definition) is 2. The zero-order chi connectivity index (χ0) is 13.1. The second-order valence-corrected chi connectivity index (χ2v) is 6.18. The molecule has 3 fully saturated rings. The number of carbonyl (C=O) groups is 2. The number of nitrogens with zero attached hydrogens (tertiary/aromatic N) is 1. The first-order chi connectivity index (χ1) is 9.18. The summed E-state index contributed by atoms with van der Waals surface area (Å²) in [7, 11) is 0. The number of aryl methyl sites for hydroxylation is 1. The zero-order valence-electron chi connectivity index (χ0n) is 11.0. The van der Waals surface area contributed by atoms with Gasteiger partial charge < -0.3 is 0 Å². The van der Waals surface area contributed by atoms with Gasteiger partial charge in [-0.25, -0.2) is 4.90 Å². The van der Waals surface area contributed by atoms with Crippen LogP contribution in [0.2, 0.25) is 0 Å². The maximum atomic E-state index is 12.6. The molecule has 0 aromatic heterocycles. The Hall–Kier alpha value is -1.64. The summed E-state index contributed by atoms with van der Waals surface area (Å²) in [4.78, 5) is 26.8. The number of para-hydroxylation sites is 1. The van der Waals surface area contributed by atoms with Crippen molar-refractivity contribution < 1.29 is 9.59 Å². The van der Waals surface area contributed by atoms with Crippen molar-refractivity contribution in [2.75, 3.05) is 4.90 Å². The number of carbonyl (C=O) groups excluding carboxylic acids is 2. The zero-order valence-corrected chi connectivity index (χ0v) is 11.0. The summed E-state index contributed by atoms with van der Waals surface area (Å²) in [6.45, 7) is 1.96. The molecule has 2 amide bonds. The molecule has 4 rings (SSSR count). The Morgan fingerprint density at radius 2 is 1.58 bits per heavy atom. The summed E-state index contributed by atoms with van der Waals surface area (Å²) in [5.41, 5.74) is 1.78. The highest BCUT2D eigenvalue weighted by Gasteiger charge is 2.61. The van der Waals surface area contributed by atoms with E-state index in [1.165, 1.54) is 4.90 Å². The average Bonchev–Trinajstić information content (AvgIpc) is 3.06. The second kappa shape index (κ2) is 3.69. The molecule has 3 aliphatic rings. The summed E-state index contributed by atoms with van der Waals surface area (Å²) in [5, 5.41) is 0. The predicted octanol–water partition coefficient (Wildman–Crippen LogP) is 2.53. The molecule has 1 aromatic rings. The van der Waals surface area contributed by atoms with Gasteiger partial charge in [0.1, 0.15) is 0 Å². The molecular weight excluding hydrogens is 238 g/mol. The van der Waals surface area contributed by atoms with Crippen LogP contribution in [-0.2, 0) is 9.59 Å². The molecule has 0 radical (unpaired) electrons. The third kappa shape index (κ3) is 1.33. The van der Waals surface area contributed by atoms with Gasteiger partial charge in [0.15, 0.2) is 0 Å². The maximum absolute atomic E-state index is 12.6. The first kappa shape index (κ1) is 11.2. The van der Waals surface area contributed by atoms with Crippen LogP contribution < -0.4 is 4.90 Å². The van der Waals surface area contributed by atoms with Gasteiger partial charge in [-0.05, 0) is 49.7 Å². The molecule has 98 valence electrons. The van der Waals surface area contributed by atoms with Crippen molar-refractivity contribution in [3.63, 3.8) is 0 Å². The number of anilines is 1. The number of imide groups is 1. The van der Waals surface area contributed by atoms with E-state index in [2.05, 4.69) is 0 Å². The lowest BCUT2D eigenvalue weighted by molar-refractivity contribution is -0.123. The molecule has 4 atom stereocenters. The van der Waals surface area contributed by atoms with E-state index in [0.717, 1.165) is 30.5 Å². The minimum absolute atomic E-state index is 0.0224. The maximum Gasteiger partial charge on any atom is 0.237 e.